The van der Waals surface area contributed by atoms with E-state index in [1.165, 1.54) is 7.11 Å². The molecule has 4 rings (SSSR count). The third kappa shape index (κ3) is 3.96. The van der Waals surface area contributed by atoms with Crippen molar-refractivity contribution in [3.63, 3.8) is 0 Å². The molecular weight excluding hydrogens is 370 g/mol. The van der Waals surface area contributed by atoms with Crippen LogP contribution in [0.2, 0.25) is 0 Å². The van der Waals surface area contributed by atoms with Crippen molar-refractivity contribution < 1.29 is 14.3 Å². The quantitative estimate of drug-likeness (QED) is 0.841. The lowest BCUT2D eigenvalue weighted by Crippen LogP contribution is -2.49. The number of nitrogens with zero attached hydrogens (tertiary/aromatic N) is 2. The van der Waals surface area contributed by atoms with E-state index in [4.69, 9.17) is 4.74 Å². The predicted octanol–water partition coefficient (Wildman–Crippen LogP) is 2.08. The van der Waals surface area contributed by atoms with Gasteiger partial charge in [-0.2, -0.15) is 0 Å². The summed E-state index contributed by atoms with van der Waals surface area (Å²) in [6.07, 6.45) is 1.18. The number of anilines is 1. The number of aromatic nitrogens is 1. The lowest BCUT2D eigenvalue weighted by molar-refractivity contribution is -0.117. The van der Waals surface area contributed by atoms with E-state index in [9.17, 15) is 14.4 Å². The number of rotatable bonds is 5. The molecule has 1 N–H and O–H groups in total. The molecule has 1 saturated heterocycles. The summed E-state index contributed by atoms with van der Waals surface area (Å²) in [6, 6.07) is 12.9. The lowest BCUT2D eigenvalue weighted by atomic mass is 9.83. The van der Waals surface area contributed by atoms with Crippen LogP contribution in [0.5, 0.6) is 0 Å². The number of amides is 2. The van der Waals surface area contributed by atoms with Gasteiger partial charge in [0.25, 0.3) is 11.5 Å². The second-order valence-electron chi connectivity index (χ2n) is 7.75. The van der Waals surface area contributed by atoms with Crippen LogP contribution in [0.3, 0.4) is 0 Å². The van der Waals surface area contributed by atoms with Crippen LogP contribution in [0.4, 0.5) is 5.69 Å². The summed E-state index contributed by atoms with van der Waals surface area (Å²) in [5, 5.41) is 2.69. The van der Waals surface area contributed by atoms with Crippen molar-refractivity contribution >= 4 is 17.5 Å². The minimum absolute atomic E-state index is 0.0399. The van der Waals surface area contributed by atoms with Crippen molar-refractivity contribution in [2.45, 2.75) is 25.3 Å². The summed E-state index contributed by atoms with van der Waals surface area (Å²) in [7, 11) is 1.53. The van der Waals surface area contributed by atoms with Crippen LogP contribution >= 0.6 is 0 Å². The first-order chi connectivity index (χ1) is 14.1. The van der Waals surface area contributed by atoms with E-state index in [1.807, 2.05) is 41.3 Å². The first-order valence-electron chi connectivity index (χ1n) is 9.93. The standard InChI is InChI=1S/C22H25N3O4/c1-29-10-9-20(26)23-18-7-8-19-17-11-15(13-25(19)22(18)28)12-24(14-17)21(27)16-5-3-2-4-6-16/h2-8,15,17H,9-14H2,1H3,(H,23,26). The zero-order valence-electron chi connectivity index (χ0n) is 16.5. The van der Waals surface area contributed by atoms with Crippen molar-refractivity contribution in [1.82, 2.24) is 9.47 Å². The van der Waals surface area contributed by atoms with Crippen molar-refractivity contribution in [2.24, 2.45) is 5.92 Å². The molecule has 1 aromatic carbocycles. The van der Waals surface area contributed by atoms with Gasteiger partial charge in [-0.3, -0.25) is 14.4 Å². The van der Waals surface area contributed by atoms with Gasteiger partial charge in [-0.15, -0.1) is 0 Å². The molecule has 29 heavy (non-hydrogen) atoms. The summed E-state index contributed by atoms with van der Waals surface area (Å²) in [6.45, 7) is 2.11. The number of nitrogens with one attached hydrogen (secondary N) is 1. The van der Waals surface area contributed by atoms with Crippen molar-refractivity contribution in [1.29, 1.82) is 0 Å². The average molecular weight is 395 g/mol. The number of carbonyl (C=O) groups excluding carboxylic acids is 2. The Morgan fingerprint density at radius 1 is 1.10 bits per heavy atom. The number of benzene rings is 1. The van der Waals surface area contributed by atoms with Crippen LogP contribution in [0, 0.1) is 5.92 Å². The minimum Gasteiger partial charge on any atom is -0.384 e. The normalized spacial score (nSPS) is 20.1. The van der Waals surface area contributed by atoms with Crippen molar-refractivity contribution in [2.75, 3.05) is 32.1 Å². The molecule has 0 saturated carbocycles. The van der Waals surface area contributed by atoms with E-state index < -0.39 is 0 Å². The molecule has 2 unspecified atom stereocenters. The maximum atomic E-state index is 12.9. The summed E-state index contributed by atoms with van der Waals surface area (Å²) in [5.41, 5.74) is 1.75. The van der Waals surface area contributed by atoms with Crippen molar-refractivity contribution in [3.05, 3.63) is 64.1 Å². The predicted molar refractivity (Wildman–Crippen MR) is 109 cm³/mol. The fraction of sp³-hybridized carbons (Fsp3) is 0.409. The fourth-order valence-electron chi connectivity index (χ4n) is 4.38. The molecule has 0 radical (unpaired) electrons. The molecule has 1 fully saturated rings. The number of hydrogen-bond donors (Lipinski definition) is 1. The second-order valence-corrected chi connectivity index (χ2v) is 7.75. The lowest BCUT2D eigenvalue weighted by Gasteiger charge is -2.43. The maximum absolute atomic E-state index is 12.9. The highest BCUT2D eigenvalue weighted by Crippen LogP contribution is 2.36. The van der Waals surface area contributed by atoms with Crippen LogP contribution in [0.1, 0.15) is 34.8 Å². The number of ether oxygens (including phenoxy) is 1. The van der Waals surface area contributed by atoms with Gasteiger partial charge in [-0.05, 0) is 36.6 Å². The molecule has 2 aliphatic heterocycles. The number of pyridine rings is 1. The van der Waals surface area contributed by atoms with E-state index in [2.05, 4.69) is 5.32 Å². The van der Waals surface area contributed by atoms with Crippen molar-refractivity contribution in [3.8, 4) is 0 Å². The zero-order chi connectivity index (χ0) is 20.4. The van der Waals surface area contributed by atoms with E-state index in [1.54, 1.807) is 10.6 Å². The van der Waals surface area contributed by atoms with E-state index in [-0.39, 0.29) is 35.6 Å². The average Bonchev–Trinajstić information content (AvgIpc) is 2.74. The zero-order valence-corrected chi connectivity index (χ0v) is 16.5. The van der Waals surface area contributed by atoms with Gasteiger partial charge in [0.15, 0.2) is 0 Å². The Morgan fingerprint density at radius 2 is 1.90 bits per heavy atom. The van der Waals surface area contributed by atoms with E-state index in [0.29, 0.717) is 37.5 Å². The smallest absolute Gasteiger partial charge is 0.274 e. The highest BCUT2D eigenvalue weighted by Gasteiger charge is 2.36. The Balaban J connectivity index is 1.54. The summed E-state index contributed by atoms with van der Waals surface area (Å²) in [5.74, 6) is 0.158. The molecule has 0 aliphatic carbocycles. The van der Waals surface area contributed by atoms with Crippen LogP contribution in [-0.2, 0) is 16.1 Å². The van der Waals surface area contributed by atoms with E-state index >= 15 is 0 Å². The summed E-state index contributed by atoms with van der Waals surface area (Å²) >= 11 is 0. The number of hydrogen-bond acceptors (Lipinski definition) is 4. The molecule has 1 aromatic heterocycles. The van der Waals surface area contributed by atoms with Gasteiger partial charge >= 0.3 is 0 Å². The van der Waals surface area contributed by atoms with Crippen LogP contribution in [0.25, 0.3) is 0 Å². The Kier molecular flexibility index (Phi) is 5.49. The maximum Gasteiger partial charge on any atom is 0.274 e. The number of carbonyl (C=O) groups is 2. The molecule has 152 valence electrons. The topological polar surface area (TPSA) is 80.6 Å². The molecule has 2 amide bonds. The van der Waals surface area contributed by atoms with Crippen LogP contribution < -0.4 is 10.9 Å². The molecule has 2 aliphatic rings. The van der Waals surface area contributed by atoms with Gasteiger partial charge in [-0.25, -0.2) is 0 Å². The molecule has 2 bridgehead atoms. The highest BCUT2D eigenvalue weighted by molar-refractivity contribution is 5.94. The number of piperidine rings is 1. The Hall–Kier alpha value is -2.93. The van der Waals surface area contributed by atoms with Gasteiger partial charge in [0.1, 0.15) is 5.69 Å². The van der Waals surface area contributed by atoms with Crippen LogP contribution in [0.15, 0.2) is 47.3 Å². The third-order valence-electron chi connectivity index (χ3n) is 5.72. The van der Waals surface area contributed by atoms with Gasteiger partial charge in [-0.1, -0.05) is 18.2 Å². The molecule has 3 heterocycles. The first kappa shape index (κ1) is 19.4. The molecule has 7 heteroatoms. The van der Waals surface area contributed by atoms with Gasteiger partial charge in [0, 0.05) is 43.9 Å². The van der Waals surface area contributed by atoms with Crippen LogP contribution in [-0.4, -0.2) is 48.1 Å². The molecule has 7 nitrogen and oxygen atoms in total. The first-order valence-corrected chi connectivity index (χ1v) is 9.93. The number of methoxy groups -OCH3 is 1. The fourth-order valence-corrected chi connectivity index (χ4v) is 4.38. The van der Waals surface area contributed by atoms with Gasteiger partial charge in [0.05, 0.1) is 13.0 Å². The molecule has 2 atom stereocenters. The number of likely N-dealkylation sites (tertiary alicyclic amines) is 1. The largest absolute Gasteiger partial charge is 0.384 e. The Morgan fingerprint density at radius 3 is 2.66 bits per heavy atom. The third-order valence-corrected chi connectivity index (χ3v) is 5.72. The van der Waals surface area contributed by atoms with E-state index in [0.717, 1.165) is 12.1 Å². The summed E-state index contributed by atoms with van der Waals surface area (Å²) < 4.78 is 6.68. The monoisotopic (exact) mass is 395 g/mol. The summed E-state index contributed by atoms with van der Waals surface area (Å²) in [4.78, 5) is 39.7. The van der Waals surface area contributed by atoms with Gasteiger partial charge < -0.3 is 19.5 Å². The Bertz CT molecular complexity index is 970. The SMILES string of the molecule is COCCC(=O)Nc1ccc2n(c1=O)CC1CC2CN(C(=O)c2ccccc2)C1. The highest BCUT2D eigenvalue weighted by atomic mass is 16.5. The second kappa shape index (κ2) is 8.21. The number of fused-ring (bicyclic) bond motifs is 4. The molecular formula is C22H25N3O4. The Labute approximate surface area is 169 Å². The minimum atomic E-state index is -0.236. The van der Waals surface area contributed by atoms with Gasteiger partial charge in [0.2, 0.25) is 5.91 Å². The molecule has 0 spiro atoms. The molecule has 2 aromatic rings.